The van der Waals surface area contributed by atoms with Crippen molar-refractivity contribution in [3.8, 4) is 0 Å². The van der Waals surface area contributed by atoms with Gasteiger partial charge in [-0.3, -0.25) is 0 Å². The Kier molecular flexibility index (Phi) is 2.77. The Balaban J connectivity index is 1.55. The van der Waals surface area contributed by atoms with Crippen LogP contribution in [-0.2, 0) is 0 Å². The van der Waals surface area contributed by atoms with E-state index < -0.39 is 0 Å². The Bertz CT molecular complexity index is 401. The Hall–Kier alpha value is -0.760. The molecule has 0 saturated heterocycles. The molecule has 2 nitrogen and oxygen atoms in total. The topological polar surface area (TPSA) is 25.2 Å². The lowest BCUT2D eigenvalue weighted by Gasteiger charge is -2.57. The molecule has 104 valence electrons. The lowest BCUT2D eigenvalue weighted by atomic mass is 9.48. The van der Waals surface area contributed by atoms with Crippen molar-refractivity contribution in [2.24, 2.45) is 23.2 Å². The number of furan rings is 1. The second-order valence-corrected chi connectivity index (χ2v) is 7.52. The van der Waals surface area contributed by atoms with Crippen LogP contribution >= 0.6 is 0 Å². The summed E-state index contributed by atoms with van der Waals surface area (Å²) in [7, 11) is 2.10. The summed E-state index contributed by atoms with van der Waals surface area (Å²) < 4.78 is 5.28. The van der Waals surface area contributed by atoms with E-state index in [-0.39, 0.29) is 0 Å². The van der Waals surface area contributed by atoms with E-state index in [0.29, 0.717) is 11.5 Å². The average Bonchev–Trinajstić information content (AvgIpc) is 2.88. The van der Waals surface area contributed by atoms with Gasteiger partial charge in [0.15, 0.2) is 0 Å². The zero-order valence-electron chi connectivity index (χ0n) is 11.9. The lowest BCUT2D eigenvalue weighted by Crippen LogP contribution is -2.47. The van der Waals surface area contributed by atoms with E-state index >= 15 is 0 Å². The van der Waals surface area contributed by atoms with Gasteiger partial charge in [0.2, 0.25) is 0 Å². The molecule has 1 atom stereocenters. The fourth-order valence-electron chi connectivity index (χ4n) is 5.83. The second kappa shape index (κ2) is 4.37. The van der Waals surface area contributed by atoms with Gasteiger partial charge < -0.3 is 9.73 Å². The number of hydrogen-bond donors (Lipinski definition) is 1. The van der Waals surface area contributed by atoms with Crippen molar-refractivity contribution < 1.29 is 4.42 Å². The molecule has 1 N–H and O–H groups in total. The van der Waals surface area contributed by atoms with Gasteiger partial charge in [0.05, 0.1) is 12.5 Å². The minimum absolute atomic E-state index is 0.481. The van der Waals surface area contributed by atoms with Crippen molar-refractivity contribution in [3.63, 3.8) is 0 Å². The Morgan fingerprint density at radius 1 is 1.21 bits per heavy atom. The van der Waals surface area contributed by atoms with Gasteiger partial charge in [0.25, 0.3) is 0 Å². The van der Waals surface area contributed by atoms with E-state index in [9.17, 15) is 0 Å². The molecule has 1 heterocycles. The second-order valence-electron chi connectivity index (χ2n) is 7.52. The van der Waals surface area contributed by atoms with Gasteiger partial charge >= 0.3 is 0 Å². The zero-order valence-corrected chi connectivity index (χ0v) is 11.9. The first-order valence-electron chi connectivity index (χ1n) is 7.96. The fourth-order valence-corrected chi connectivity index (χ4v) is 5.83. The molecule has 1 unspecified atom stereocenters. The van der Waals surface area contributed by atoms with E-state index in [2.05, 4.69) is 18.4 Å². The maximum Gasteiger partial charge on any atom is 0.0950 e. The van der Waals surface area contributed by atoms with E-state index in [1.165, 1.54) is 50.5 Å². The van der Waals surface area contributed by atoms with Gasteiger partial charge in [-0.15, -0.1) is 0 Å². The van der Waals surface area contributed by atoms with Crippen LogP contribution in [0.4, 0.5) is 0 Å². The molecular weight excluding hydrogens is 234 g/mol. The van der Waals surface area contributed by atoms with Crippen LogP contribution < -0.4 is 5.32 Å². The van der Waals surface area contributed by atoms with Gasteiger partial charge in [-0.05, 0) is 81.2 Å². The van der Waals surface area contributed by atoms with Gasteiger partial charge in [-0.2, -0.15) is 0 Å². The van der Waals surface area contributed by atoms with Gasteiger partial charge in [0.1, 0.15) is 0 Å². The first-order chi connectivity index (χ1) is 9.26. The molecule has 5 rings (SSSR count). The average molecular weight is 259 g/mol. The molecule has 0 spiro atoms. The normalized spacial score (nSPS) is 41.6. The molecule has 1 aromatic rings. The first kappa shape index (κ1) is 12.0. The van der Waals surface area contributed by atoms with Gasteiger partial charge in [-0.1, -0.05) is 0 Å². The molecular formula is C17H25NO. The predicted molar refractivity (Wildman–Crippen MR) is 75.7 cm³/mol. The molecule has 4 aliphatic rings. The molecule has 19 heavy (non-hydrogen) atoms. The summed E-state index contributed by atoms with van der Waals surface area (Å²) in [6, 6.07) is 2.61. The van der Waals surface area contributed by atoms with Crippen LogP contribution in [0.3, 0.4) is 0 Å². The highest BCUT2D eigenvalue weighted by Crippen LogP contribution is 2.62. The molecule has 0 aromatic carbocycles. The van der Waals surface area contributed by atoms with Crippen LogP contribution in [0.2, 0.25) is 0 Å². The van der Waals surface area contributed by atoms with Crippen molar-refractivity contribution in [1.82, 2.24) is 5.32 Å². The molecule has 4 saturated carbocycles. The summed E-state index contributed by atoms with van der Waals surface area (Å²) in [5, 5.41) is 3.52. The largest absolute Gasteiger partial charge is 0.472 e. The van der Waals surface area contributed by atoms with Crippen LogP contribution in [0.15, 0.2) is 23.0 Å². The third-order valence-corrected chi connectivity index (χ3v) is 6.10. The van der Waals surface area contributed by atoms with Crippen molar-refractivity contribution in [2.75, 3.05) is 7.05 Å². The Labute approximate surface area is 116 Å². The summed E-state index contributed by atoms with van der Waals surface area (Å²) >= 11 is 0. The zero-order chi connectivity index (χ0) is 12.9. The minimum atomic E-state index is 0.481. The van der Waals surface area contributed by atoms with Crippen LogP contribution in [-0.4, -0.2) is 7.05 Å². The summed E-state index contributed by atoms with van der Waals surface area (Å²) in [5.41, 5.74) is 1.97. The van der Waals surface area contributed by atoms with Crippen molar-refractivity contribution >= 4 is 0 Å². The fraction of sp³-hybridized carbons (Fsp3) is 0.765. The lowest BCUT2D eigenvalue weighted by molar-refractivity contribution is -0.0619. The van der Waals surface area contributed by atoms with Crippen LogP contribution in [0, 0.1) is 23.2 Å². The van der Waals surface area contributed by atoms with E-state index in [4.69, 9.17) is 4.42 Å². The van der Waals surface area contributed by atoms with Gasteiger partial charge in [0, 0.05) is 11.6 Å². The van der Waals surface area contributed by atoms with Crippen LogP contribution in [0.1, 0.15) is 56.6 Å². The van der Waals surface area contributed by atoms with E-state index in [1.54, 1.807) is 6.26 Å². The van der Waals surface area contributed by atoms with Crippen LogP contribution in [0.5, 0.6) is 0 Å². The Morgan fingerprint density at radius 3 is 2.32 bits per heavy atom. The maximum atomic E-state index is 5.28. The Morgan fingerprint density at radius 2 is 1.84 bits per heavy atom. The molecule has 1 aromatic heterocycles. The highest BCUT2D eigenvalue weighted by molar-refractivity contribution is 5.14. The van der Waals surface area contributed by atoms with Crippen LogP contribution in [0.25, 0.3) is 0 Å². The highest BCUT2D eigenvalue weighted by atomic mass is 16.3. The SMILES string of the molecule is CNC(CC12CC3CC(CC(C3)C1)C2)c1ccoc1. The number of nitrogens with one attached hydrogen (secondary N) is 1. The third kappa shape index (κ3) is 2.05. The molecule has 0 radical (unpaired) electrons. The monoisotopic (exact) mass is 259 g/mol. The molecule has 0 aliphatic heterocycles. The molecule has 2 heteroatoms. The molecule has 4 fully saturated rings. The summed E-state index contributed by atoms with van der Waals surface area (Å²) in [6.45, 7) is 0. The highest BCUT2D eigenvalue weighted by Gasteiger charge is 2.51. The third-order valence-electron chi connectivity index (χ3n) is 6.10. The smallest absolute Gasteiger partial charge is 0.0950 e. The number of rotatable bonds is 4. The molecule has 0 amide bonds. The van der Waals surface area contributed by atoms with Crippen molar-refractivity contribution in [1.29, 1.82) is 0 Å². The van der Waals surface area contributed by atoms with Crippen molar-refractivity contribution in [3.05, 3.63) is 24.2 Å². The number of hydrogen-bond acceptors (Lipinski definition) is 2. The first-order valence-corrected chi connectivity index (χ1v) is 7.96. The minimum Gasteiger partial charge on any atom is -0.472 e. The molecule has 4 aliphatic carbocycles. The summed E-state index contributed by atoms with van der Waals surface area (Å²) in [5.74, 6) is 3.15. The summed E-state index contributed by atoms with van der Waals surface area (Å²) in [6.07, 6.45) is 14.1. The van der Waals surface area contributed by atoms with Gasteiger partial charge in [-0.25, -0.2) is 0 Å². The predicted octanol–water partition coefficient (Wildman–Crippen LogP) is 4.15. The molecule has 4 bridgehead atoms. The van der Waals surface area contributed by atoms with E-state index in [0.717, 1.165) is 17.8 Å². The quantitative estimate of drug-likeness (QED) is 0.879. The summed E-state index contributed by atoms with van der Waals surface area (Å²) in [4.78, 5) is 0. The van der Waals surface area contributed by atoms with E-state index in [1.807, 2.05) is 6.26 Å². The maximum absolute atomic E-state index is 5.28. The standard InChI is InChI=1S/C17H25NO/c1-18-16(15-2-3-19-11-15)10-17-7-12-4-13(8-17)6-14(5-12)9-17/h2-3,11-14,16,18H,4-10H2,1H3. The van der Waals surface area contributed by atoms with Crippen molar-refractivity contribution in [2.45, 2.75) is 51.0 Å².